The number of halogens is 1. The van der Waals surface area contributed by atoms with Crippen LogP contribution in [-0.4, -0.2) is 52.8 Å². The number of carbonyl (C=O) groups excluding carboxylic acids is 1. The van der Waals surface area contributed by atoms with E-state index in [4.69, 9.17) is 25.8 Å². The lowest BCUT2D eigenvalue weighted by atomic mass is 10.0. The minimum absolute atomic E-state index is 0.0955. The molecule has 0 aromatic heterocycles. The van der Waals surface area contributed by atoms with Gasteiger partial charge in [0.15, 0.2) is 11.5 Å². The first-order valence-corrected chi connectivity index (χ1v) is 8.79. The monoisotopic (exact) mass is 392 g/mol. The summed E-state index contributed by atoms with van der Waals surface area (Å²) in [7, 11) is 8.60. The lowest BCUT2D eigenvalue weighted by Gasteiger charge is -2.26. The Balaban J connectivity index is 2.26. The quantitative estimate of drug-likeness (QED) is 0.746. The van der Waals surface area contributed by atoms with Gasteiger partial charge in [0.25, 0.3) is 5.91 Å². The van der Waals surface area contributed by atoms with Crippen molar-refractivity contribution in [3.63, 3.8) is 0 Å². The standard InChI is InChI=1S/C20H25ClN2O4/c1-23(2)16(12-22-20(24)13-7-6-8-15(21)9-13)14-10-17(25-3)19(27-5)18(11-14)26-4/h6-11,16H,12H2,1-5H3,(H,22,24). The number of hydrogen-bond acceptors (Lipinski definition) is 5. The van der Waals surface area contributed by atoms with Gasteiger partial charge in [0.2, 0.25) is 5.75 Å². The first kappa shape index (κ1) is 20.9. The van der Waals surface area contributed by atoms with Gasteiger partial charge in [-0.25, -0.2) is 0 Å². The zero-order valence-corrected chi connectivity index (χ0v) is 17.0. The van der Waals surface area contributed by atoms with Crippen molar-refractivity contribution in [2.75, 3.05) is 42.0 Å². The van der Waals surface area contributed by atoms with Gasteiger partial charge in [-0.2, -0.15) is 0 Å². The molecule has 0 aliphatic rings. The third-order valence-electron chi connectivity index (χ3n) is 4.24. The number of rotatable bonds is 8. The molecule has 27 heavy (non-hydrogen) atoms. The van der Waals surface area contributed by atoms with Crippen LogP contribution in [-0.2, 0) is 0 Å². The Hall–Kier alpha value is -2.44. The third-order valence-corrected chi connectivity index (χ3v) is 4.47. The van der Waals surface area contributed by atoms with Crippen LogP contribution in [0.25, 0.3) is 0 Å². The normalized spacial score (nSPS) is 11.8. The highest BCUT2D eigenvalue weighted by molar-refractivity contribution is 6.30. The van der Waals surface area contributed by atoms with Crippen LogP contribution in [0.15, 0.2) is 36.4 Å². The molecule has 2 aromatic rings. The summed E-state index contributed by atoms with van der Waals surface area (Å²) in [6.07, 6.45) is 0. The maximum Gasteiger partial charge on any atom is 0.251 e. The SMILES string of the molecule is COc1cc(C(CNC(=O)c2cccc(Cl)c2)N(C)C)cc(OC)c1OC. The summed E-state index contributed by atoms with van der Waals surface area (Å²) >= 11 is 5.97. The summed E-state index contributed by atoms with van der Waals surface area (Å²) in [6.45, 7) is 0.400. The molecule has 1 atom stereocenters. The number of nitrogens with one attached hydrogen (secondary N) is 1. The van der Waals surface area contributed by atoms with Gasteiger partial charge >= 0.3 is 0 Å². The van der Waals surface area contributed by atoms with Gasteiger partial charge in [-0.05, 0) is 50.0 Å². The molecule has 7 heteroatoms. The molecule has 1 amide bonds. The number of amides is 1. The van der Waals surface area contributed by atoms with Gasteiger partial charge in [0.05, 0.1) is 27.4 Å². The Bertz CT molecular complexity index is 770. The van der Waals surface area contributed by atoms with Crippen molar-refractivity contribution in [1.82, 2.24) is 10.2 Å². The molecule has 0 saturated carbocycles. The summed E-state index contributed by atoms with van der Waals surface area (Å²) in [5.41, 5.74) is 1.45. The van der Waals surface area contributed by atoms with Gasteiger partial charge in [0.1, 0.15) is 0 Å². The van der Waals surface area contributed by atoms with E-state index in [-0.39, 0.29) is 11.9 Å². The molecule has 0 fully saturated rings. The second-order valence-electron chi connectivity index (χ2n) is 6.16. The molecule has 0 bridgehead atoms. The average molecular weight is 393 g/mol. The molecular weight excluding hydrogens is 368 g/mol. The Labute approximate surface area is 165 Å². The van der Waals surface area contributed by atoms with E-state index >= 15 is 0 Å². The molecular formula is C20H25ClN2O4. The predicted octanol–water partition coefficient (Wildman–Crippen LogP) is 3.40. The number of hydrogen-bond donors (Lipinski definition) is 1. The minimum Gasteiger partial charge on any atom is -0.493 e. The smallest absolute Gasteiger partial charge is 0.251 e. The maximum atomic E-state index is 12.4. The molecule has 146 valence electrons. The van der Waals surface area contributed by atoms with Crippen LogP contribution in [0.5, 0.6) is 17.2 Å². The van der Waals surface area contributed by atoms with Gasteiger partial charge in [0, 0.05) is 17.1 Å². The summed E-state index contributed by atoms with van der Waals surface area (Å²) in [5, 5.41) is 3.48. The lowest BCUT2D eigenvalue weighted by Crippen LogP contribution is -2.34. The number of carbonyl (C=O) groups is 1. The fourth-order valence-electron chi connectivity index (χ4n) is 2.81. The van der Waals surface area contributed by atoms with E-state index in [1.807, 2.05) is 31.1 Å². The number of methoxy groups -OCH3 is 3. The number of ether oxygens (including phenoxy) is 3. The second kappa shape index (κ2) is 9.48. The fraction of sp³-hybridized carbons (Fsp3) is 0.350. The van der Waals surface area contributed by atoms with Crippen molar-refractivity contribution in [3.8, 4) is 17.2 Å². The van der Waals surface area contributed by atoms with E-state index in [1.165, 1.54) is 0 Å². The Morgan fingerprint density at radius 3 is 2.19 bits per heavy atom. The molecule has 0 saturated heterocycles. The summed E-state index contributed by atoms with van der Waals surface area (Å²) in [5.74, 6) is 1.49. The molecule has 6 nitrogen and oxygen atoms in total. The van der Waals surface area contributed by atoms with Crippen LogP contribution < -0.4 is 19.5 Å². The van der Waals surface area contributed by atoms with E-state index in [1.54, 1.807) is 45.6 Å². The zero-order chi connectivity index (χ0) is 20.0. The van der Waals surface area contributed by atoms with E-state index in [0.29, 0.717) is 34.4 Å². The average Bonchev–Trinajstić information content (AvgIpc) is 2.66. The number of likely N-dealkylation sites (N-methyl/N-ethyl adjacent to an activating group) is 1. The van der Waals surface area contributed by atoms with E-state index in [0.717, 1.165) is 5.56 Å². The van der Waals surface area contributed by atoms with Crippen molar-refractivity contribution in [3.05, 3.63) is 52.5 Å². The van der Waals surface area contributed by atoms with Crippen molar-refractivity contribution in [1.29, 1.82) is 0 Å². The van der Waals surface area contributed by atoms with Crippen LogP contribution in [0, 0.1) is 0 Å². The molecule has 0 aliphatic heterocycles. The molecule has 0 spiro atoms. The maximum absolute atomic E-state index is 12.4. The van der Waals surface area contributed by atoms with E-state index in [2.05, 4.69) is 5.32 Å². The zero-order valence-electron chi connectivity index (χ0n) is 16.2. The van der Waals surface area contributed by atoms with E-state index in [9.17, 15) is 4.79 Å². The highest BCUT2D eigenvalue weighted by Crippen LogP contribution is 2.40. The van der Waals surface area contributed by atoms with Crippen molar-refractivity contribution < 1.29 is 19.0 Å². The third kappa shape index (κ3) is 5.05. The number of nitrogens with zero attached hydrogens (tertiary/aromatic N) is 1. The van der Waals surface area contributed by atoms with Crippen LogP contribution >= 0.6 is 11.6 Å². The fourth-order valence-corrected chi connectivity index (χ4v) is 3.00. The van der Waals surface area contributed by atoms with Crippen LogP contribution in [0.1, 0.15) is 22.0 Å². The molecule has 0 radical (unpaired) electrons. The van der Waals surface area contributed by atoms with Crippen LogP contribution in [0.2, 0.25) is 5.02 Å². The van der Waals surface area contributed by atoms with Gasteiger partial charge in [-0.15, -0.1) is 0 Å². The Kier molecular flexibility index (Phi) is 7.33. The van der Waals surface area contributed by atoms with Crippen LogP contribution in [0.3, 0.4) is 0 Å². The highest BCUT2D eigenvalue weighted by Gasteiger charge is 2.21. The molecule has 0 aliphatic carbocycles. The topological polar surface area (TPSA) is 60.0 Å². The molecule has 2 aromatic carbocycles. The first-order chi connectivity index (χ1) is 12.9. The second-order valence-corrected chi connectivity index (χ2v) is 6.59. The number of benzene rings is 2. The lowest BCUT2D eigenvalue weighted by molar-refractivity contribution is 0.0942. The predicted molar refractivity (Wildman–Crippen MR) is 106 cm³/mol. The van der Waals surface area contributed by atoms with Crippen molar-refractivity contribution in [2.24, 2.45) is 0 Å². The Morgan fingerprint density at radius 2 is 1.70 bits per heavy atom. The van der Waals surface area contributed by atoms with Gasteiger partial charge in [-0.3, -0.25) is 4.79 Å². The first-order valence-electron chi connectivity index (χ1n) is 8.41. The van der Waals surface area contributed by atoms with Crippen LogP contribution in [0.4, 0.5) is 0 Å². The summed E-state index contributed by atoms with van der Waals surface area (Å²) in [4.78, 5) is 14.5. The van der Waals surface area contributed by atoms with Crippen molar-refractivity contribution in [2.45, 2.75) is 6.04 Å². The Morgan fingerprint density at radius 1 is 1.07 bits per heavy atom. The molecule has 1 N–H and O–H groups in total. The molecule has 1 unspecified atom stereocenters. The molecule has 0 heterocycles. The van der Waals surface area contributed by atoms with E-state index < -0.39 is 0 Å². The molecule has 2 rings (SSSR count). The summed E-state index contributed by atoms with van der Waals surface area (Å²) < 4.78 is 16.2. The highest BCUT2D eigenvalue weighted by atomic mass is 35.5. The van der Waals surface area contributed by atoms with Gasteiger partial charge < -0.3 is 24.4 Å². The van der Waals surface area contributed by atoms with Crippen molar-refractivity contribution >= 4 is 17.5 Å². The largest absolute Gasteiger partial charge is 0.493 e. The summed E-state index contributed by atoms with van der Waals surface area (Å²) in [6, 6.07) is 10.5. The minimum atomic E-state index is -0.184. The van der Waals surface area contributed by atoms with Gasteiger partial charge in [-0.1, -0.05) is 17.7 Å².